The SMILES string of the molecule is Cc1cc2nc(-c3[nH]nc4c3CCN(C(=O)c3ccccc3Cl)C4)[nH]c2cc1C. The third-order valence-corrected chi connectivity index (χ3v) is 5.98. The van der Waals surface area contributed by atoms with Crippen molar-refractivity contribution in [1.29, 1.82) is 0 Å². The van der Waals surface area contributed by atoms with E-state index in [1.807, 2.05) is 12.1 Å². The number of H-pyrrole nitrogens is 2. The van der Waals surface area contributed by atoms with Gasteiger partial charge in [0.05, 0.1) is 33.9 Å². The molecule has 29 heavy (non-hydrogen) atoms. The van der Waals surface area contributed by atoms with Gasteiger partial charge in [-0.2, -0.15) is 5.10 Å². The van der Waals surface area contributed by atoms with Gasteiger partial charge < -0.3 is 9.88 Å². The number of hydrogen-bond acceptors (Lipinski definition) is 3. The molecule has 6 nitrogen and oxygen atoms in total. The van der Waals surface area contributed by atoms with E-state index in [0.717, 1.165) is 33.8 Å². The van der Waals surface area contributed by atoms with Crippen LogP contribution in [-0.4, -0.2) is 37.5 Å². The number of aryl methyl sites for hydroxylation is 2. The number of halogens is 1. The lowest BCUT2D eigenvalue weighted by Crippen LogP contribution is -2.36. The van der Waals surface area contributed by atoms with Gasteiger partial charge in [0.15, 0.2) is 5.82 Å². The van der Waals surface area contributed by atoms with Crippen molar-refractivity contribution in [2.45, 2.75) is 26.8 Å². The van der Waals surface area contributed by atoms with E-state index in [1.54, 1.807) is 17.0 Å². The number of carbonyl (C=O) groups is 1. The van der Waals surface area contributed by atoms with Crippen LogP contribution in [0.5, 0.6) is 0 Å². The molecule has 0 saturated carbocycles. The van der Waals surface area contributed by atoms with Crippen molar-refractivity contribution < 1.29 is 4.79 Å². The van der Waals surface area contributed by atoms with Gasteiger partial charge in [0, 0.05) is 12.1 Å². The summed E-state index contributed by atoms with van der Waals surface area (Å²) in [5.41, 5.74) is 7.81. The van der Waals surface area contributed by atoms with Crippen LogP contribution < -0.4 is 0 Å². The molecule has 0 aliphatic carbocycles. The van der Waals surface area contributed by atoms with Gasteiger partial charge >= 0.3 is 0 Å². The van der Waals surface area contributed by atoms with Crippen LogP contribution in [0.25, 0.3) is 22.6 Å². The van der Waals surface area contributed by atoms with Crippen LogP contribution in [0.1, 0.15) is 32.7 Å². The minimum atomic E-state index is -0.0690. The Hall–Kier alpha value is -3.12. The molecular weight excluding hydrogens is 386 g/mol. The van der Waals surface area contributed by atoms with Crippen molar-refractivity contribution in [3.05, 3.63) is 69.4 Å². The number of benzene rings is 2. The summed E-state index contributed by atoms with van der Waals surface area (Å²) in [6, 6.07) is 11.4. The predicted octanol–water partition coefficient (Wildman–Crippen LogP) is 4.42. The zero-order chi connectivity index (χ0) is 20.1. The lowest BCUT2D eigenvalue weighted by molar-refractivity contribution is 0.0733. The number of fused-ring (bicyclic) bond motifs is 2. The molecule has 5 rings (SSSR count). The Morgan fingerprint density at radius 2 is 1.97 bits per heavy atom. The molecule has 2 aromatic carbocycles. The molecule has 1 aliphatic rings. The van der Waals surface area contributed by atoms with E-state index in [0.29, 0.717) is 30.1 Å². The molecular formula is C22H20ClN5O. The number of hydrogen-bond donors (Lipinski definition) is 2. The summed E-state index contributed by atoms with van der Waals surface area (Å²) < 4.78 is 0. The standard InChI is InChI=1S/C22H20ClN5O/c1-12-9-17-18(10-13(12)2)25-21(24-17)20-15-7-8-28(11-19(15)26-27-20)22(29)14-5-3-4-6-16(14)23/h3-6,9-10H,7-8,11H2,1-2H3,(H,24,25)(H,26,27). The fourth-order valence-corrected chi connectivity index (χ4v) is 4.09. The van der Waals surface area contributed by atoms with Gasteiger partial charge in [-0.05, 0) is 55.7 Å². The van der Waals surface area contributed by atoms with E-state index < -0.39 is 0 Å². The van der Waals surface area contributed by atoms with Gasteiger partial charge in [-0.25, -0.2) is 4.98 Å². The zero-order valence-electron chi connectivity index (χ0n) is 16.2. The number of aromatic nitrogens is 4. The summed E-state index contributed by atoms with van der Waals surface area (Å²) in [5, 5.41) is 8.07. The molecule has 4 aromatic rings. The highest BCUT2D eigenvalue weighted by Crippen LogP contribution is 2.30. The number of nitrogens with one attached hydrogen (secondary N) is 2. The monoisotopic (exact) mass is 405 g/mol. The van der Waals surface area contributed by atoms with Crippen LogP contribution >= 0.6 is 11.6 Å². The first-order valence-corrected chi connectivity index (χ1v) is 9.96. The van der Waals surface area contributed by atoms with Crippen LogP contribution in [0.15, 0.2) is 36.4 Å². The van der Waals surface area contributed by atoms with Crippen LogP contribution in [-0.2, 0) is 13.0 Å². The van der Waals surface area contributed by atoms with Crippen LogP contribution in [0.4, 0.5) is 0 Å². The molecule has 7 heteroatoms. The lowest BCUT2D eigenvalue weighted by Gasteiger charge is -2.26. The second-order valence-corrected chi connectivity index (χ2v) is 7.93. The van der Waals surface area contributed by atoms with E-state index >= 15 is 0 Å². The summed E-state index contributed by atoms with van der Waals surface area (Å²) in [6.45, 7) is 5.25. The van der Waals surface area contributed by atoms with Gasteiger partial charge in [-0.15, -0.1) is 0 Å². The van der Waals surface area contributed by atoms with Crippen molar-refractivity contribution >= 4 is 28.5 Å². The van der Waals surface area contributed by atoms with E-state index in [9.17, 15) is 4.79 Å². The zero-order valence-corrected chi connectivity index (χ0v) is 17.0. The van der Waals surface area contributed by atoms with E-state index in [4.69, 9.17) is 16.6 Å². The second kappa shape index (κ2) is 6.74. The molecule has 146 valence electrons. The minimum Gasteiger partial charge on any atom is -0.337 e. The largest absolute Gasteiger partial charge is 0.337 e. The highest BCUT2D eigenvalue weighted by Gasteiger charge is 2.28. The molecule has 0 unspecified atom stereocenters. The maximum Gasteiger partial charge on any atom is 0.255 e. The highest BCUT2D eigenvalue weighted by atomic mass is 35.5. The van der Waals surface area contributed by atoms with Crippen molar-refractivity contribution in [3.8, 4) is 11.5 Å². The Balaban J connectivity index is 1.45. The molecule has 1 amide bonds. The molecule has 1 aliphatic heterocycles. The quantitative estimate of drug-likeness (QED) is 0.518. The number of carbonyl (C=O) groups excluding carboxylic acids is 1. The average Bonchev–Trinajstić information content (AvgIpc) is 3.31. The van der Waals surface area contributed by atoms with E-state index in [2.05, 4.69) is 41.2 Å². The van der Waals surface area contributed by atoms with Crippen molar-refractivity contribution in [2.24, 2.45) is 0 Å². The minimum absolute atomic E-state index is 0.0690. The third kappa shape index (κ3) is 3.00. The number of aromatic amines is 2. The maximum atomic E-state index is 12.9. The van der Waals surface area contributed by atoms with Crippen LogP contribution in [0, 0.1) is 13.8 Å². The first kappa shape index (κ1) is 17.9. The molecule has 0 bridgehead atoms. The Morgan fingerprint density at radius 1 is 1.17 bits per heavy atom. The first-order valence-electron chi connectivity index (χ1n) is 9.58. The predicted molar refractivity (Wildman–Crippen MR) is 113 cm³/mol. The van der Waals surface area contributed by atoms with Gasteiger partial charge in [0.2, 0.25) is 0 Å². The number of imidazole rings is 1. The van der Waals surface area contributed by atoms with Gasteiger partial charge in [0.25, 0.3) is 5.91 Å². The van der Waals surface area contributed by atoms with Crippen molar-refractivity contribution in [2.75, 3.05) is 6.54 Å². The molecule has 2 aromatic heterocycles. The summed E-state index contributed by atoms with van der Waals surface area (Å²) >= 11 is 6.20. The lowest BCUT2D eigenvalue weighted by atomic mass is 10.0. The molecule has 0 saturated heterocycles. The molecule has 0 atom stereocenters. The topological polar surface area (TPSA) is 77.7 Å². The molecule has 0 radical (unpaired) electrons. The van der Waals surface area contributed by atoms with Gasteiger partial charge in [-0.3, -0.25) is 9.89 Å². The van der Waals surface area contributed by atoms with Gasteiger partial charge in [0.1, 0.15) is 5.69 Å². The summed E-state index contributed by atoms with van der Waals surface area (Å²) in [5.74, 6) is 0.713. The number of amides is 1. The Bertz CT molecular complexity index is 1220. The number of rotatable bonds is 2. The first-order chi connectivity index (χ1) is 14.0. The Labute approximate surface area is 172 Å². The van der Waals surface area contributed by atoms with E-state index in [1.165, 1.54) is 11.1 Å². The van der Waals surface area contributed by atoms with Crippen LogP contribution in [0.2, 0.25) is 5.02 Å². The average molecular weight is 406 g/mol. The smallest absolute Gasteiger partial charge is 0.255 e. The molecule has 2 N–H and O–H groups in total. The van der Waals surface area contributed by atoms with Gasteiger partial charge in [-0.1, -0.05) is 23.7 Å². The Morgan fingerprint density at radius 3 is 2.79 bits per heavy atom. The summed E-state index contributed by atoms with van der Waals surface area (Å²) in [6.07, 6.45) is 0.715. The third-order valence-electron chi connectivity index (χ3n) is 5.65. The molecule has 3 heterocycles. The normalized spacial score (nSPS) is 13.7. The maximum absolute atomic E-state index is 12.9. The summed E-state index contributed by atoms with van der Waals surface area (Å²) in [4.78, 5) is 22.8. The summed E-state index contributed by atoms with van der Waals surface area (Å²) in [7, 11) is 0. The molecule has 0 spiro atoms. The van der Waals surface area contributed by atoms with Crippen molar-refractivity contribution in [3.63, 3.8) is 0 Å². The fourth-order valence-electron chi connectivity index (χ4n) is 3.87. The molecule has 0 fully saturated rings. The van der Waals surface area contributed by atoms with Crippen molar-refractivity contribution in [1.82, 2.24) is 25.1 Å². The fraction of sp³-hybridized carbons (Fsp3) is 0.227. The van der Waals surface area contributed by atoms with E-state index in [-0.39, 0.29) is 5.91 Å². The Kier molecular flexibility index (Phi) is 4.17. The second-order valence-electron chi connectivity index (χ2n) is 7.52. The highest BCUT2D eigenvalue weighted by molar-refractivity contribution is 6.33. The number of nitrogens with zero attached hydrogens (tertiary/aromatic N) is 3. The van der Waals surface area contributed by atoms with Crippen LogP contribution in [0.3, 0.4) is 0 Å².